The van der Waals surface area contributed by atoms with Crippen molar-refractivity contribution in [1.29, 1.82) is 5.26 Å². The van der Waals surface area contributed by atoms with E-state index in [-0.39, 0.29) is 28.7 Å². The highest BCUT2D eigenvalue weighted by Gasteiger charge is 2.44. The Morgan fingerprint density at radius 1 is 1.46 bits per heavy atom. The number of aromatic nitrogens is 2. The first-order chi connectivity index (χ1) is 11.2. The Kier molecular flexibility index (Phi) is 3.75. The lowest BCUT2D eigenvalue weighted by molar-refractivity contribution is -0.119. The molecule has 1 aliphatic carbocycles. The van der Waals surface area contributed by atoms with Gasteiger partial charge in [0.05, 0.1) is 5.92 Å². The Labute approximate surface area is 141 Å². The predicted octanol–water partition coefficient (Wildman–Crippen LogP) is 2.91. The molecule has 24 heavy (non-hydrogen) atoms. The molecule has 0 bridgehead atoms. The number of hydrogen-bond donors (Lipinski definition) is 1. The lowest BCUT2D eigenvalue weighted by Gasteiger charge is -2.37. The molecule has 1 atom stereocenters. The van der Waals surface area contributed by atoms with Crippen LogP contribution in [0, 0.1) is 16.7 Å². The van der Waals surface area contributed by atoms with Gasteiger partial charge in [-0.05, 0) is 19.3 Å². The van der Waals surface area contributed by atoms with E-state index in [1.54, 1.807) is 6.20 Å². The molecule has 2 N–H and O–H groups in total. The summed E-state index contributed by atoms with van der Waals surface area (Å²) in [4.78, 5) is 17.3. The maximum atomic E-state index is 12.9. The summed E-state index contributed by atoms with van der Waals surface area (Å²) >= 11 is 0. The van der Waals surface area contributed by atoms with Crippen molar-refractivity contribution in [3.8, 4) is 6.07 Å². The fraction of sp³-hybridized carbons (Fsp3) is 0.500. The average Bonchev–Trinajstić information content (AvgIpc) is 2.93. The van der Waals surface area contributed by atoms with E-state index in [2.05, 4.69) is 11.1 Å². The first kappa shape index (κ1) is 16.3. The van der Waals surface area contributed by atoms with Crippen LogP contribution < -0.4 is 5.73 Å². The topological polar surface area (TPSA) is 93.9 Å². The molecule has 6 nitrogen and oxygen atoms in total. The minimum atomic E-state index is -0.556. The quantitative estimate of drug-likeness (QED) is 0.901. The van der Waals surface area contributed by atoms with Crippen LogP contribution in [0.4, 0.5) is 0 Å². The number of allylic oxidation sites excluding steroid dienone is 3. The molecule has 1 unspecified atom stereocenters. The summed E-state index contributed by atoms with van der Waals surface area (Å²) in [5.41, 5.74) is 6.62. The number of carbonyl (C=O) groups is 1. The molecule has 3 rings (SSSR count). The van der Waals surface area contributed by atoms with Crippen molar-refractivity contribution in [2.24, 2.45) is 11.1 Å². The van der Waals surface area contributed by atoms with Gasteiger partial charge in [-0.25, -0.2) is 4.98 Å². The van der Waals surface area contributed by atoms with Gasteiger partial charge >= 0.3 is 0 Å². The molecule has 0 saturated heterocycles. The zero-order chi connectivity index (χ0) is 17.6. The maximum Gasteiger partial charge on any atom is 0.205 e. The number of nitrogens with two attached hydrogens (primary N) is 1. The van der Waals surface area contributed by atoms with Crippen LogP contribution in [0.2, 0.25) is 0 Å². The summed E-state index contributed by atoms with van der Waals surface area (Å²) in [6, 6.07) is 2.28. The van der Waals surface area contributed by atoms with E-state index in [9.17, 15) is 10.1 Å². The molecule has 0 amide bonds. The van der Waals surface area contributed by atoms with Gasteiger partial charge in [0.1, 0.15) is 23.2 Å². The first-order valence-corrected chi connectivity index (χ1v) is 8.11. The number of Topliss-reactive ketones (excluding diaryl/α,β-unsaturated/α-hetero) is 1. The lowest BCUT2D eigenvalue weighted by Crippen LogP contribution is -2.34. The first-order valence-electron chi connectivity index (χ1n) is 8.11. The minimum Gasteiger partial charge on any atom is -0.444 e. The van der Waals surface area contributed by atoms with Crippen LogP contribution in [0.15, 0.2) is 35.2 Å². The van der Waals surface area contributed by atoms with Gasteiger partial charge in [0.2, 0.25) is 5.88 Å². The largest absolute Gasteiger partial charge is 0.444 e. The third kappa shape index (κ3) is 2.50. The smallest absolute Gasteiger partial charge is 0.205 e. The highest BCUT2D eigenvalue weighted by Crippen LogP contribution is 2.47. The summed E-state index contributed by atoms with van der Waals surface area (Å²) in [6.07, 6.45) is 4.59. The Morgan fingerprint density at radius 2 is 2.17 bits per heavy atom. The molecule has 1 aromatic rings. The van der Waals surface area contributed by atoms with Gasteiger partial charge in [-0.3, -0.25) is 4.79 Å². The molecule has 0 aromatic carbocycles. The number of rotatable bonds is 2. The molecule has 1 aliphatic heterocycles. The van der Waals surface area contributed by atoms with Crippen molar-refractivity contribution >= 4 is 5.78 Å². The van der Waals surface area contributed by atoms with E-state index in [1.165, 1.54) is 0 Å². The summed E-state index contributed by atoms with van der Waals surface area (Å²) in [5, 5.41) is 9.60. The van der Waals surface area contributed by atoms with Crippen LogP contribution in [0.1, 0.15) is 58.3 Å². The molecule has 2 aliphatic rings. The van der Waals surface area contributed by atoms with Crippen LogP contribution in [0.5, 0.6) is 0 Å². The Balaban J connectivity index is 2.21. The molecule has 0 spiro atoms. The second kappa shape index (κ2) is 5.52. The van der Waals surface area contributed by atoms with Gasteiger partial charge < -0.3 is 15.0 Å². The Hall–Kier alpha value is -2.55. The van der Waals surface area contributed by atoms with Gasteiger partial charge in [-0.2, -0.15) is 5.26 Å². The van der Waals surface area contributed by atoms with Crippen molar-refractivity contribution in [2.45, 2.75) is 52.5 Å². The molecule has 0 saturated carbocycles. The standard InChI is InChI=1S/C18H22N4O2/c1-10(2)22-6-5-21-17(22)14-11(9-19)16(20)24-13-8-18(3,4)7-12(23)15(13)14/h5-6,10,14H,7-8,20H2,1-4H3. The Morgan fingerprint density at radius 3 is 2.79 bits per heavy atom. The number of nitriles is 1. The zero-order valence-corrected chi connectivity index (χ0v) is 14.5. The average molecular weight is 326 g/mol. The fourth-order valence-corrected chi connectivity index (χ4v) is 3.53. The van der Waals surface area contributed by atoms with Gasteiger partial charge in [0, 0.05) is 36.9 Å². The SMILES string of the molecule is CC(C)n1ccnc1C1C(C#N)=C(N)OC2=C1C(=O)CC(C)(C)C2. The summed E-state index contributed by atoms with van der Waals surface area (Å²) in [7, 11) is 0. The van der Waals surface area contributed by atoms with E-state index in [1.807, 2.05) is 38.5 Å². The van der Waals surface area contributed by atoms with Crippen molar-refractivity contribution in [3.05, 3.63) is 41.0 Å². The van der Waals surface area contributed by atoms with E-state index in [0.717, 1.165) is 0 Å². The number of nitrogens with zero attached hydrogens (tertiary/aromatic N) is 3. The monoisotopic (exact) mass is 326 g/mol. The number of carbonyl (C=O) groups excluding carboxylic acids is 1. The van der Waals surface area contributed by atoms with Gasteiger partial charge in [-0.15, -0.1) is 0 Å². The van der Waals surface area contributed by atoms with E-state index in [0.29, 0.717) is 30.0 Å². The molecule has 126 valence electrons. The normalized spacial score (nSPS) is 23.2. The van der Waals surface area contributed by atoms with E-state index >= 15 is 0 Å². The van der Waals surface area contributed by atoms with Crippen LogP contribution in [-0.2, 0) is 9.53 Å². The predicted molar refractivity (Wildman–Crippen MR) is 88.3 cm³/mol. The summed E-state index contributed by atoms with van der Waals surface area (Å²) < 4.78 is 7.66. The second-order valence-corrected chi connectivity index (χ2v) is 7.49. The molecule has 6 heteroatoms. The number of ether oxygens (including phenoxy) is 1. The van der Waals surface area contributed by atoms with Crippen molar-refractivity contribution in [2.75, 3.05) is 0 Å². The second-order valence-electron chi connectivity index (χ2n) is 7.49. The summed E-state index contributed by atoms with van der Waals surface area (Å²) in [5.74, 6) is 0.763. The van der Waals surface area contributed by atoms with Crippen LogP contribution in [-0.4, -0.2) is 15.3 Å². The molecule has 2 heterocycles. The van der Waals surface area contributed by atoms with Gasteiger partial charge in [-0.1, -0.05) is 13.8 Å². The molecule has 0 radical (unpaired) electrons. The molecular formula is C18H22N4O2. The van der Waals surface area contributed by atoms with E-state index < -0.39 is 5.92 Å². The molecule has 0 fully saturated rings. The fourth-order valence-electron chi connectivity index (χ4n) is 3.53. The minimum absolute atomic E-state index is 0.00445. The van der Waals surface area contributed by atoms with Crippen LogP contribution in [0.3, 0.4) is 0 Å². The zero-order valence-electron chi connectivity index (χ0n) is 14.5. The molecule has 1 aromatic heterocycles. The third-order valence-electron chi connectivity index (χ3n) is 4.59. The van der Waals surface area contributed by atoms with Crippen molar-refractivity contribution in [1.82, 2.24) is 9.55 Å². The highest BCUT2D eigenvalue weighted by molar-refractivity contribution is 5.99. The highest BCUT2D eigenvalue weighted by atomic mass is 16.5. The number of ketones is 1. The lowest BCUT2D eigenvalue weighted by atomic mass is 9.71. The maximum absolute atomic E-state index is 12.9. The molecular weight excluding hydrogens is 304 g/mol. The van der Waals surface area contributed by atoms with Crippen molar-refractivity contribution < 1.29 is 9.53 Å². The van der Waals surface area contributed by atoms with Crippen LogP contribution in [0.25, 0.3) is 0 Å². The van der Waals surface area contributed by atoms with E-state index in [4.69, 9.17) is 10.5 Å². The van der Waals surface area contributed by atoms with Crippen molar-refractivity contribution in [3.63, 3.8) is 0 Å². The van der Waals surface area contributed by atoms with Crippen LogP contribution >= 0.6 is 0 Å². The number of imidazole rings is 1. The van der Waals surface area contributed by atoms with Gasteiger partial charge in [0.25, 0.3) is 0 Å². The Bertz CT molecular complexity index is 805. The van der Waals surface area contributed by atoms with Gasteiger partial charge in [0.15, 0.2) is 5.78 Å². The number of hydrogen-bond acceptors (Lipinski definition) is 5. The third-order valence-corrected chi connectivity index (χ3v) is 4.59. The summed E-state index contributed by atoms with van der Waals surface area (Å²) in [6.45, 7) is 8.12.